The van der Waals surface area contributed by atoms with Gasteiger partial charge in [0.1, 0.15) is 12.2 Å². The largest absolute Gasteiger partial charge is 0.435 e. The Labute approximate surface area is 175 Å². The first-order valence-corrected chi connectivity index (χ1v) is 14.0. The lowest BCUT2D eigenvalue weighted by Crippen LogP contribution is -2.23. The predicted molar refractivity (Wildman–Crippen MR) is 110 cm³/mol. The minimum absolute atomic E-state index is 0.153. The molecular formula is C20H30F3N3O3Si. The first kappa shape index (κ1) is 23.2. The molecule has 30 heavy (non-hydrogen) atoms. The number of halogens is 3. The highest BCUT2D eigenvalue weighted by atomic mass is 28.3. The number of aryl methyl sites for hydroxylation is 1. The summed E-state index contributed by atoms with van der Waals surface area (Å²) in [7, 11) is -1.25. The van der Waals surface area contributed by atoms with E-state index in [1.807, 2.05) is 0 Å². The smallest absolute Gasteiger partial charge is 0.361 e. The zero-order chi connectivity index (χ0) is 21.9. The topological polar surface area (TPSA) is 58.4 Å². The van der Waals surface area contributed by atoms with Crippen LogP contribution in [0.1, 0.15) is 36.3 Å². The molecule has 6 nitrogen and oxygen atoms in total. The van der Waals surface area contributed by atoms with Gasteiger partial charge in [-0.15, -0.1) is 0 Å². The number of hydrogen-bond donors (Lipinski definition) is 0. The molecule has 1 fully saturated rings. The lowest BCUT2D eigenvalue weighted by atomic mass is 10.2. The van der Waals surface area contributed by atoms with Gasteiger partial charge in [0.05, 0.1) is 18.0 Å². The van der Waals surface area contributed by atoms with Crippen LogP contribution < -0.4 is 0 Å². The van der Waals surface area contributed by atoms with E-state index in [1.165, 1.54) is 6.92 Å². The van der Waals surface area contributed by atoms with Gasteiger partial charge in [0.15, 0.2) is 17.6 Å². The lowest BCUT2D eigenvalue weighted by Gasteiger charge is -2.23. The van der Waals surface area contributed by atoms with Gasteiger partial charge in [-0.25, -0.2) is 9.97 Å². The van der Waals surface area contributed by atoms with Gasteiger partial charge in [0.25, 0.3) is 0 Å². The molecule has 1 aliphatic heterocycles. The maximum absolute atomic E-state index is 13.3. The van der Waals surface area contributed by atoms with E-state index in [9.17, 15) is 13.2 Å². The summed E-state index contributed by atoms with van der Waals surface area (Å²) in [5, 5.41) is 0. The maximum atomic E-state index is 13.3. The van der Waals surface area contributed by atoms with Gasteiger partial charge in [-0.2, -0.15) is 13.2 Å². The van der Waals surface area contributed by atoms with Crippen LogP contribution >= 0.6 is 0 Å². The summed E-state index contributed by atoms with van der Waals surface area (Å²) in [4.78, 5) is 8.05. The second kappa shape index (κ2) is 9.33. The Kier molecular flexibility index (Phi) is 7.21. The van der Waals surface area contributed by atoms with Crippen molar-refractivity contribution in [3.8, 4) is 0 Å². The van der Waals surface area contributed by atoms with Crippen LogP contribution in [-0.4, -0.2) is 42.1 Å². The molecular weight excluding hydrogens is 415 g/mol. The van der Waals surface area contributed by atoms with Crippen molar-refractivity contribution in [2.75, 3.05) is 13.2 Å². The highest BCUT2D eigenvalue weighted by Gasteiger charge is 2.36. The first-order chi connectivity index (χ1) is 14.0. The molecule has 0 aromatic carbocycles. The predicted octanol–water partition coefficient (Wildman–Crippen LogP) is 5.11. The molecule has 3 heterocycles. The number of rotatable bonds is 8. The lowest BCUT2D eigenvalue weighted by molar-refractivity contribution is -0.170. The van der Waals surface area contributed by atoms with Gasteiger partial charge in [0.2, 0.25) is 0 Å². The average Bonchev–Trinajstić information content (AvgIpc) is 2.99. The SMILES string of the molecule is Cc1nc2c(cc(COC3CCCCO3)n2COCC[Si](C)(C)C)nc1C(F)(F)F. The second-order valence-electron chi connectivity index (χ2n) is 8.88. The number of hydrogen-bond acceptors (Lipinski definition) is 5. The van der Waals surface area contributed by atoms with Gasteiger partial charge in [-0.3, -0.25) is 0 Å². The monoisotopic (exact) mass is 445 g/mol. The summed E-state index contributed by atoms with van der Waals surface area (Å²) >= 11 is 0. The van der Waals surface area contributed by atoms with Crippen molar-refractivity contribution in [3.63, 3.8) is 0 Å². The highest BCUT2D eigenvalue weighted by molar-refractivity contribution is 6.76. The van der Waals surface area contributed by atoms with Crippen molar-refractivity contribution in [3.05, 3.63) is 23.1 Å². The van der Waals surface area contributed by atoms with Gasteiger partial charge in [-0.05, 0) is 38.3 Å². The average molecular weight is 446 g/mol. The molecule has 0 N–H and O–H groups in total. The fourth-order valence-corrected chi connectivity index (χ4v) is 4.03. The van der Waals surface area contributed by atoms with Crippen molar-refractivity contribution >= 4 is 19.2 Å². The number of aromatic nitrogens is 3. The Morgan fingerprint density at radius 2 is 2.00 bits per heavy atom. The molecule has 3 rings (SSSR count). The van der Waals surface area contributed by atoms with Gasteiger partial charge >= 0.3 is 6.18 Å². The van der Waals surface area contributed by atoms with E-state index in [2.05, 4.69) is 29.6 Å². The standard InChI is InChI=1S/C20H30F3N3O3Si/c1-14-18(20(21,22)23)25-16-11-15(12-29-17-7-5-6-8-28-17)26(19(16)24-14)13-27-9-10-30(2,3)4/h11,17H,5-10,12-13H2,1-4H3. The minimum Gasteiger partial charge on any atom is -0.361 e. The van der Waals surface area contributed by atoms with Gasteiger partial charge in [0, 0.05) is 21.3 Å². The van der Waals surface area contributed by atoms with Crippen LogP contribution in [0.5, 0.6) is 0 Å². The number of alkyl halides is 3. The molecule has 168 valence electrons. The fraction of sp³-hybridized carbons (Fsp3) is 0.700. The number of ether oxygens (including phenoxy) is 3. The summed E-state index contributed by atoms with van der Waals surface area (Å²) < 4.78 is 58.8. The molecule has 0 amide bonds. The van der Waals surface area contributed by atoms with Gasteiger partial charge in [-0.1, -0.05) is 19.6 Å². The first-order valence-electron chi connectivity index (χ1n) is 10.3. The van der Waals surface area contributed by atoms with E-state index in [4.69, 9.17) is 14.2 Å². The highest BCUT2D eigenvalue weighted by Crippen LogP contribution is 2.31. The van der Waals surface area contributed by atoms with E-state index in [0.29, 0.717) is 24.6 Å². The maximum Gasteiger partial charge on any atom is 0.435 e. The molecule has 1 aliphatic rings. The molecule has 1 saturated heterocycles. The van der Waals surface area contributed by atoms with Crippen LogP contribution in [0.15, 0.2) is 6.07 Å². The number of nitrogens with zero attached hydrogens (tertiary/aromatic N) is 3. The van der Waals surface area contributed by atoms with Crippen LogP contribution in [-0.2, 0) is 33.7 Å². The van der Waals surface area contributed by atoms with E-state index in [0.717, 1.165) is 25.3 Å². The second-order valence-corrected chi connectivity index (χ2v) is 14.5. The van der Waals surface area contributed by atoms with Crippen molar-refractivity contribution in [2.45, 2.75) is 77.7 Å². The Morgan fingerprint density at radius 1 is 1.23 bits per heavy atom. The fourth-order valence-electron chi connectivity index (χ4n) is 3.27. The van der Waals surface area contributed by atoms with E-state index >= 15 is 0 Å². The summed E-state index contributed by atoms with van der Waals surface area (Å²) in [6.45, 7) is 9.75. The van der Waals surface area contributed by atoms with E-state index < -0.39 is 19.9 Å². The van der Waals surface area contributed by atoms with Crippen LogP contribution in [0, 0.1) is 6.92 Å². The van der Waals surface area contributed by atoms with Crippen LogP contribution in [0.4, 0.5) is 13.2 Å². The molecule has 1 unspecified atom stereocenters. The molecule has 10 heteroatoms. The van der Waals surface area contributed by atoms with Crippen LogP contribution in [0.3, 0.4) is 0 Å². The minimum atomic E-state index is -4.55. The Bertz CT molecular complexity index is 859. The zero-order valence-electron chi connectivity index (χ0n) is 18.0. The molecule has 0 spiro atoms. The molecule has 0 saturated carbocycles. The van der Waals surface area contributed by atoms with E-state index in [-0.39, 0.29) is 30.8 Å². The van der Waals surface area contributed by atoms with Crippen molar-refractivity contribution in [2.24, 2.45) is 0 Å². The zero-order valence-corrected chi connectivity index (χ0v) is 19.0. The number of fused-ring (bicyclic) bond motifs is 1. The molecule has 2 aromatic heterocycles. The normalized spacial score (nSPS) is 18.3. The van der Waals surface area contributed by atoms with Crippen molar-refractivity contribution in [1.82, 2.24) is 14.5 Å². The van der Waals surface area contributed by atoms with Crippen LogP contribution in [0.2, 0.25) is 25.7 Å². The quantitative estimate of drug-likeness (QED) is 0.417. The molecule has 2 aromatic rings. The van der Waals surface area contributed by atoms with Crippen molar-refractivity contribution in [1.29, 1.82) is 0 Å². The third kappa shape index (κ3) is 6.02. The van der Waals surface area contributed by atoms with E-state index in [1.54, 1.807) is 10.6 Å². The Hall–Kier alpha value is -1.49. The summed E-state index contributed by atoms with van der Waals surface area (Å²) in [5.74, 6) is 0. The molecule has 1 atom stereocenters. The summed E-state index contributed by atoms with van der Waals surface area (Å²) in [6.07, 6.45) is -2.00. The third-order valence-electron chi connectivity index (χ3n) is 5.02. The van der Waals surface area contributed by atoms with Crippen molar-refractivity contribution < 1.29 is 27.4 Å². The summed E-state index contributed by atoms with van der Waals surface area (Å²) in [5.41, 5.74) is 0.113. The van der Waals surface area contributed by atoms with Gasteiger partial charge < -0.3 is 18.8 Å². The molecule has 0 radical (unpaired) electrons. The summed E-state index contributed by atoms with van der Waals surface area (Å²) in [6, 6.07) is 2.60. The third-order valence-corrected chi connectivity index (χ3v) is 6.73. The van der Waals surface area contributed by atoms with Crippen LogP contribution in [0.25, 0.3) is 11.2 Å². The molecule has 0 aliphatic carbocycles. The molecule has 0 bridgehead atoms. The Balaban J connectivity index is 1.84. The Morgan fingerprint density at radius 3 is 2.63 bits per heavy atom.